The molecule has 0 fully saturated rings. The first-order valence-corrected chi connectivity index (χ1v) is 10.6. The fraction of sp³-hybridized carbons (Fsp3) is 0.292. The number of amides is 1. The second-order valence-corrected chi connectivity index (χ2v) is 8.07. The first-order chi connectivity index (χ1) is 15.8. The largest absolute Gasteiger partial charge is 0.497 e. The molecule has 0 bridgehead atoms. The summed E-state index contributed by atoms with van der Waals surface area (Å²) < 4.78 is 19.9. The van der Waals surface area contributed by atoms with Crippen molar-refractivity contribution in [3.8, 4) is 17.0 Å². The van der Waals surface area contributed by atoms with Crippen molar-refractivity contribution < 1.29 is 13.9 Å². The van der Waals surface area contributed by atoms with Gasteiger partial charge in [0, 0.05) is 30.0 Å². The molecule has 0 radical (unpaired) electrons. The average Bonchev–Trinajstić information content (AvgIpc) is 2.80. The van der Waals surface area contributed by atoms with Crippen LogP contribution in [-0.4, -0.2) is 35.6 Å². The maximum absolute atomic E-state index is 14.7. The van der Waals surface area contributed by atoms with Crippen LogP contribution in [-0.2, 0) is 0 Å². The number of hydrogen-bond donors (Lipinski definition) is 4. The summed E-state index contributed by atoms with van der Waals surface area (Å²) in [5.41, 5.74) is 13.4. The first kappa shape index (κ1) is 23.9. The lowest BCUT2D eigenvalue weighted by Gasteiger charge is -2.21. The number of nitrogens with one attached hydrogen (secondary N) is 2. The van der Waals surface area contributed by atoms with Crippen molar-refractivity contribution >= 4 is 23.2 Å². The molecule has 2 aromatic heterocycles. The summed E-state index contributed by atoms with van der Waals surface area (Å²) in [4.78, 5) is 20.7. The summed E-state index contributed by atoms with van der Waals surface area (Å²) in [7, 11) is 1.60. The summed E-state index contributed by atoms with van der Waals surface area (Å²) in [5.74, 6) is -0.225. The second-order valence-electron chi connectivity index (χ2n) is 8.07. The highest BCUT2D eigenvalue weighted by Crippen LogP contribution is 2.27. The minimum Gasteiger partial charge on any atom is -0.497 e. The minimum absolute atomic E-state index is 0.00281. The number of rotatable bonds is 10. The third-order valence-corrected chi connectivity index (χ3v) is 5.03. The van der Waals surface area contributed by atoms with Gasteiger partial charge in [0.25, 0.3) is 5.91 Å². The molecule has 1 unspecified atom stereocenters. The van der Waals surface area contributed by atoms with Crippen LogP contribution >= 0.6 is 0 Å². The zero-order valence-electron chi connectivity index (χ0n) is 18.9. The van der Waals surface area contributed by atoms with Gasteiger partial charge in [-0.1, -0.05) is 13.8 Å². The van der Waals surface area contributed by atoms with E-state index in [1.165, 1.54) is 0 Å². The fourth-order valence-corrected chi connectivity index (χ4v) is 3.41. The Morgan fingerprint density at radius 1 is 1.15 bits per heavy atom. The molecule has 1 atom stereocenters. The number of benzene rings is 1. The standard InChI is InChI=1S/C24H29FN6O2/c1-14(2)10-17(13-26)30-24-20(25)12-19(22(27)32)23(31-24)29-16-8-9-28-21(11-16)15-4-6-18(33-3)7-5-15/h4-9,11-12,14,17H,10,13,26H2,1-3H3,(H2,27,32)(H2,28,29,30,31). The maximum atomic E-state index is 14.7. The molecule has 3 rings (SSSR count). The lowest BCUT2D eigenvalue weighted by molar-refractivity contribution is 0.100. The van der Waals surface area contributed by atoms with Crippen molar-refractivity contribution in [2.75, 3.05) is 24.3 Å². The average molecular weight is 453 g/mol. The fourth-order valence-electron chi connectivity index (χ4n) is 3.41. The van der Waals surface area contributed by atoms with Crippen molar-refractivity contribution in [1.29, 1.82) is 0 Å². The highest BCUT2D eigenvalue weighted by molar-refractivity contribution is 5.98. The number of pyridine rings is 2. The number of anilines is 3. The Morgan fingerprint density at radius 3 is 2.48 bits per heavy atom. The summed E-state index contributed by atoms with van der Waals surface area (Å²) in [5, 5.41) is 6.11. The molecule has 0 aliphatic heterocycles. The predicted octanol–water partition coefficient (Wildman–Crippen LogP) is 3.92. The molecule has 33 heavy (non-hydrogen) atoms. The van der Waals surface area contributed by atoms with Gasteiger partial charge in [-0.3, -0.25) is 9.78 Å². The molecule has 0 saturated carbocycles. The van der Waals surface area contributed by atoms with Crippen LogP contribution in [0.1, 0.15) is 30.6 Å². The molecule has 1 aromatic carbocycles. The molecule has 0 saturated heterocycles. The Bertz CT molecular complexity index is 1100. The molecule has 2 heterocycles. The lowest BCUT2D eigenvalue weighted by atomic mass is 10.0. The SMILES string of the molecule is COc1ccc(-c2cc(Nc3nc(NC(CN)CC(C)C)c(F)cc3C(N)=O)ccn2)cc1. The summed E-state index contributed by atoms with van der Waals surface area (Å²) >= 11 is 0. The molecule has 174 valence electrons. The van der Waals surface area contributed by atoms with E-state index in [0.717, 1.165) is 23.8 Å². The van der Waals surface area contributed by atoms with Crippen molar-refractivity contribution in [3.63, 3.8) is 0 Å². The van der Waals surface area contributed by atoms with E-state index in [4.69, 9.17) is 16.2 Å². The number of primary amides is 1. The van der Waals surface area contributed by atoms with Crippen LogP contribution in [0, 0.1) is 11.7 Å². The van der Waals surface area contributed by atoms with Crippen LogP contribution < -0.4 is 26.8 Å². The van der Waals surface area contributed by atoms with Crippen molar-refractivity contribution in [1.82, 2.24) is 9.97 Å². The van der Waals surface area contributed by atoms with Crippen LogP contribution in [0.2, 0.25) is 0 Å². The van der Waals surface area contributed by atoms with Gasteiger partial charge < -0.3 is 26.8 Å². The molecule has 9 heteroatoms. The number of carbonyl (C=O) groups excluding carboxylic acids is 1. The third kappa shape index (κ3) is 6.17. The Hall–Kier alpha value is -3.72. The molecule has 3 aromatic rings. The van der Waals surface area contributed by atoms with Crippen molar-refractivity contribution in [2.45, 2.75) is 26.3 Å². The van der Waals surface area contributed by atoms with E-state index in [1.807, 2.05) is 24.3 Å². The molecule has 0 aliphatic rings. The van der Waals surface area contributed by atoms with Gasteiger partial charge in [0.15, 0.2) is 11.6 Å². The van der Waals surface area contributed by atoms with Crippen molar-refractivity contribution in [3.05, 3.63) is 60.0 Å². The highest BCUT2D eigenvalue weighted by Gasteiger charge is 2.19. The lowest BCUT2D eigenvalue weighted by Crippen LogP contribution is -2.31. The van der Waals surface area contributed by atoms with E-state index in [9.17, 15) is 9.18 Å². The highest BCUT2D eigenvalue weighted by atomic mass is 19.1. The Labute approximate surface area is 192 Å². The zero-order chi connectivity index (χ0) is 24.0. The molecular weight excluding hydrogens is 423 g/mol. The Morgan fingerprint density at radius 2 is 1.88 bits per heavy atom. The normalized spacial score (nSPS) is 11.8. The summed E-state index contributed by atoms with van der Waals surface area (Å²) in [6, 6.07) is 11.9. The van der Waals surface area contributed by atoms with Gasteiger partial charge in [-0.05, 0) is 54.8 Å². The number of hydrogen-bond acceptors (Lipinski definition) is 7. The van der Waals surface area contributed by atoms with E-state index < -0.39 is 11.7 Å². The zero-order valence-corrected chi connectivity index (χ0v) is 18.9. The van der Waals surface area contributed by atoms with E-state index in [0.29, 0.717) is 23.8 Å². The van der Waals surface area contributed by atoms with Crippen LogP contribution in [0.4, 0.5) is 21.7 Å². The van der Waals surface area contributed by atoms with Gasteiger partial charge in [0.1, 0.15) is 11.6 Å². The molecular formula is C24H29FN6O2. The molecule has 6 N–H and O–H groups in total. The quantitative estimate of drug-likeness (QED) is 0.367. The predicted molar refractivity (Wildman–Crippen MR) is 128 cm³/mol. The van der Waals surface area contributed by atoms with Crippen LogP contribution in [0.3, 0.4) is 0 Å². The summed E-state index contributed by atoms with van der Waals surface area (Å²) in [6.07, 6.45) is 2.37. The molecule has 0 spiro atoms. The van der Waals surface area contributed by atoms with Gasteiger partial charge in [-0.25, -0.2) is 9.37 Å². The number of methoxy groups -OCH3 is 1. The van der Waals surface area contributed by atoms with Crippen LogP contribution in [0.25, 0.3) is 11.3 Å². The molecule has 1 amide bonds. The Balaban J connectivity index is 1.92. The number of ether oxygens (including phenoxy) is 1. The monoisotopic (exact) mass is 452 g/mol. The Kier molecular flexibility index (Phi) is 7.78. The van der Waals surface area contributed by atoms with E-state index in [-0.39, 0.29) is 23.2 Å². The topological polar surface area (TPSA) is 128 Å². The van der Waals surface area contributed by atoms with Crippen LogP contribution in [0.15, 0.2) is 48.7 Å². The van der Waals surface area contributed by atoms with Gasteiger partial charge in [0.2, 0.25) is 0 Å². The van der Waals surface area contributed by atoms with Crippen molar-refractivity contribution in [2.24, 2.45) is 17.4 Å². The van der Waals surface area contributed by atoms with Gasteiger partial charge in [0.05, 0.1) is 18.4 Å². The number of aromatic nitrogens is 2. The van der Waals surface area contributed by atoms with E-state index in [1.54, 1.807) is 25.4 Å². The maximum Gasteiger partial charge on any atom is 0.252 e. The summed E-state index contributed by atoms with van der Waals surface area (Å²) in [6.45, 7) is 4.43. The van der Waals surface area contributed by atoms with Gasteiger partial charge in [-0.15, -0.1) is 0 Å². The molecule has 0 aliphatic carbocycles. The van der Waals surface area contributed by atoms with Gasteiger partial charge >= 0.3 is 0 Å². The first-order valence-electron chi connectivity index (χ1n) is 10.6. The van der Waals surface area contributed by atoms with E-state index in [2.05, 4.69) is 34.4 Å². The van der Waals surface area contributed by atoms with E-state index >= 15 is 0 Å². The number of halogens is 1. The number of nitrogens with zero attached hydrogens (tertiary/aromatic N) is 2. The van der Waals surface area contributed by atoms with Crippen LogP contribution in [0.5, 0.6) is 5.75 Å². The minimum atomic E-state index is -0.794. The number of carbonyl (C=O) groups is 1. The number of nitrogens with two attached hydrogens (primary N) is 2. The second kappa shape index (κ2) is 10.7. The molecule has 8 nitrogen and oxygen atoms in total. The smallest absolute Gasteiger partial charge is 0.252 e. The third-order valence-electron chi connectivity index (χ3n) is 5.03. The van der Waals surface area contributed by atoms with Gasteiger partial charge in [-0.2, -0.15) is 0 Å².